The summed E-state index contributed by atoms with van der Waals surface area (Å²) in [6.07, 6.45) is 5.98. The Morgan fingerprint density at radius 2 is 2.07 bits per heavy atom. The first-order chi connectivity index (χ1) is 6.79. The first kappa shape index (κ1) is 10.1. The number of nitrogens with one attached hydrogen (secondary N) is 1. The van der Waals surface area contributed by atoms with E-state index >= 15 is 0 Å². The molecule has 0 amide bonds. The lowest BCUT2D eigenvalue weighted by Crippen LogP contribution is -2.29. The predicted molar refractivity (Wildman–Crippen MR) is 63.0 cm³/mol. The van der Waals surface area contributed by atoms with Crippen LogP contribution in [-0.2, 0) is 6.42 Å². The number of rotatable bonds is 4. The van der Waals surface area contributed by atoms with Crippen molar-refractivity contribution in [1.29, 1.82) is 0 Å². The minimum atomic E-state index is 0.422. The largest absolute Gasteiger partial charge is 0.314 e. The molecule has 0 spiro atoms. The Bertz CT molecular complexity index is 318. The zero-order valence-corrected chi connectivity index (χ0v) is 9.66. The monoisotopic (exact) mass is 207 g/mol. The molecule has 1 saturated carbocycles. The molecule has 0 saturated heterocycles. The van der Waals surface area contributed by atoms with Crippen LogP contribution in [0.2, 0.25) is 0 Å². The fourth-order valence-corrected chi connectivity index (χ4v) is 2.50. The summed E-state index contributed by atoms with van der Waals surface area (Å²) in [5, 5.41) is 3.44. The molecule has 2 heteroatoms. The average molecular weight is 207 g/mol. The van der Waals surface area contributed by atoms with Gasteiger partial charge in [0, 0.05) is 10.4 Å². The quantitative estimate of drug-likeness (QED) is 0.762. The lowest BCUT2D eigenvalue weighted by Gasteiger charge is -2.15. The molecule has 1 nitrogen and oxygen atoms in total. The molecule has 76 valence electrons. The topological polar surface area (TPSA) is 12.0 Å². The van der Waals surface area contributed by atoms with Crippen LogP contribution in [0.4, 0.5) is 0 Å². The van der Waals surface area contributed by atoms with Crippen molar-refractivity contribution in [1.82, 2.24) is 5.32 Å². The second kappa shape index (κ2) is 3.95. The number of thioether (sulfide) groups is 1. The molecule has 1 aliphatic rings. The van der Waals surface area contributed by atoms with Crippen molar-refractivity contribution in [2.75, 3.05) is 13.3 Å². The van der Waals surface area contributed by atoms with Crippen LogP contribution in [0, 0.1) is 0 Å². The van der Waals surface area contributed by atoms with E-state index in [4.69, 9.17) is 0 Å². The summed E-state index contributed by atoms with van der Waals surface area (Å²) < 4.78 is 0. The molecule has 0 bridgehead atoms. The van der Waals surface area contributed by atoms with Crippen molar-refractivity contribution in [3.8, 4) is 0 Å². The van der Waals surface area contributed by atoms with Crippen LogP contribution < -0.4 is 5.32 Å². The first-order valence-corrected chi connectivity index (χ1v) is 6.33. The zero-order chi connectivity index (χ0) is 10.0. The van der Waals surface area contributed by atoms with Crippen molar-refractivity contribution in [3.63, 3.8) is 0 Å². The molecular weight excluding hydrogens is 190 g/mol. The van der Waals surface area contributed by atoms with Crippen LogP contribution in [0.25, 0.3) is 0 Å². The van der Waals surface area contributed by atoms with Gasteiger partial charge < -0.3 is 5.32 Å². The van der Waals surface area contributed by atoms with Crippen LogP contribution in [0.1, 0.15) is 18.4 Å². The molecule has 0 unspecified atom stereocenters. The normalized spacial score (nSPS) is 18.1. The lowest BCUT2D eigenvalue weighted by atomic mass is 10.0. The van der Waals surface area contributed by atoms with E-state index in [1.165, 1.54) is 29.7 Å². The van der Waals surface area contributed by atoms with Gasteiger partial charge in [-0.2, -0.15) is 0 Å². The van der Waals surface area contributed by atoms with Gasteiger partial charge in [-0.3, -0.25) is 0 Å². The van der Waals surface area contributed by atoms with Crippen LogP contribution in [0.3, 0.4) is 0 Å². The second-order valence-electron chi connectivity index (χ2n) is 4.02. The van der Waals surface area contributed by atoms with Gasteiger partial charge in [-0.05, 0) is 44.2 Å². The average Bonchev–Trinajstić information content (AvgIpc) is 2.99. The van der Waals surface area contributed by atoms with E-state index in [2.05, 4.69) is 42.9 Å². The fraction of sp³-hybridized carbons (Fsp3) is 0.500. The van der Waals surface area contributed by atoms with Crippen molar-refractivity contribution >= 4 is 11.8 Å². The fourth-order valence-electron chi connectivity index (χ4n) is 1.88. The van der Waals surface area contributed by atoms with Gasteiger partial charge in [-0.1, -0.05) is 18.2 Å². The Hall–Kier alpha value is -0.470. The van der Waals surface area contributed by atoms with Crippen molar-refractivity contribution < 1.29 is 0 Å². The van der Waals surface area contributed by atoms with Crippen LogP contribution in [-0.4, -0.2) is 18.8 Å². The molecule has 0 atom stereocenters. The molecule has 14 heavy (non-hydrogen) atoms. The molecule has 2 rings (SSSR count). The third-order valence-electron chi connectivity index (χ3n) is 3.11. The molecule has 1 aromatic rings. The lowest BCUT2D eigenvalue weighted by molar-refractivity contribution is 0.545. The van der Waals surface area contributed by atoms with E-state index in [0.29, 0.717) is 5.54 Å². The van der Waals surface area contributed by atoms with E-state index < -0.39 is 0 Å². The third-order valence-corrected chi connectivity index (χ3v) is 3.94. The minimum absolute atomic E-state index is 0.422. The molecule has 1 aromatic carbocycles. The van der Waals surface area contributed by atoms with Crippen LogP contribution in [0.15, 0.2) is 29.2 Å². The highest BCUT2D eigenvalue weighted by Gasteiger charge is 2.41. The maximum atomic E-state index is 3.44. The Morgan fingerprint density at radius 1 is 1.36 bits per heavy atom. The number of benzene rings is 1. The van der Waals surface area contributed by atoms with Gasteiger partial charge in [0.2, 0.25) is 0 Å². The molecular formula is C12H17NS. The van der Waals surface area contributed by atoms with E-state index in [0.717, 1.165) is 0 Å². The highest BCUT2D eigenvalue weighted by Crippen LogP contribution is 2.39. The van der Waals surface area contributed by atoms with E-state index in [1.807, 2.05) is 11.8 Å². The van der Waals surface area contributed by atoms with Gasteiger partial charge in [0.05, 0.1) is 0 Å². The van der Waals surface area contributed by atoms with Gasteiger partial charge in [-0.25, -0.2) is 0 Å². The molecule has 0 radical (unpaired) electrons. The molecule has 0 heterocycles. The molecule has 1 aliphatic carbocycles. The summed E-state index contributed by atoms with van der Waals surface area (Å²) >= 11 is 1.85. The van der Waals surface area contributed by atoms with E-state index in [-0.39, 0.29) is 0 Å². The Labute approximate surface area is 90.3 Å². The van der Waals surface area contributed by atoms with E-state index in [1.54, 1.807) is 0 Å². The van der Waals surface area contributed by atoms with Gasteiger partial charge in [0.25, 0.3) is 0 Å². The summed E-state index contributed by atoms with van der Waals surface area (Å²) in [6, 6.07) is 8.73. The van der Waals surface area contributed by atoms with Gasteiger partial charge in [-0.15, -0.1) is 11.8 Å². The van der Waals surface area contributed by atoms with Gasteiger partial charge in [0.1, 0.15) is 0 Å². The highest BCUT2D eigenvalue weighted by molar-refractivity contribution is 7.98. The molecule has 1 N–H and O–H groups in total. The second-order valence-corrected chi connectivity index (χ2v) is 4.87. The van der Waals surface area contributed by atoms with Gasteiger partial charge in [0.15, 0.2) is 0 Å². The van der Waals surface area contributed by atoms with Crippen LogP contribution in [0.5, 0.6) is 0 Å². The van der Waals surface area contributed by atoms with E-state index in [9.17, 15) is 0 Å². The highest BCUT2D eigenvalue weighted by atomic mass is 32.2. The maximum absolute atomic E-state index is 3.44. The number of hydrogen-bond donors (Lipinski definition) is 1. The number of likely N-dealkylation sites (N-methyl/N-ethyl adjacent to an activating group) is 1. The molecule has 0 aromatic heterocycles. The predicted octanol–water partition coefficient (Wildman–Crippen LogP) is 2.70. The maximum Gasteiger partial charge on any atom is 0.0220 e. The van der Waals surface area contributed by atoms with Crippen molar-refractivity contribution in [2.45, 2.75) is 29.7 Å². The summed E-state index contributed by atoms with van der Waals surface area (Å²) in [6.45, 7) is 0. The summed E-state index contributed by atoms with van der Waals surface area (Å²) in [7, 11) is 2.08. The minimum Gasteiger partial charge on any atom is -0.314 e. The standard InChI is InChI=1S/C12H17NS/c1-13-12(7-8-12)9-10-5-3-4-6-11(10)14-2/h3-6,13H,7-9H2,1-2H3. The SMILES string of the molecule is CNC1(Cc2ccccc2SC)CC1. The van der Waals surface area contributed by atoms with Crippen molar-refractivity contribution in [3.05, 3.63) is 29.8 Å². The van der Waals surface area contributed by atoms with Crippen LogP contribution >= 0.6 is 11.8 Å². The van der Waals surface area contributed by atoms with Gasteiger partial charge >= 0.3 is 0 Å². The summed E-state index contributed by atoms with van der Waals surface area (Å²) in [5.74, 6) is 0. The molecule has 1 fully saturated rings. The summed E-state index contributed by atoms with van der Waals surface area (Å²) in [4.78, 5) is 1.43. The Kier molecular flexibility index (Phi) is 2.84. The number of hydrogen-bond acceptors (Lipinski definition) is 2. The Balaban J connectivity index is 2.16. The smallest absolute Gasteiger partial charge is 0.0220 e. The Morgan fingerprint density at radius 3 is 2.64 bits per heavy atom. The first-order valence-electron chi connectivity index (χ1n) is 5.10. The zero-order valence-electron chi connectivity index (χ0n) is 8.84. The summed E-state index contributed by atoms with van der Waals surface area (Å²) in [5.41, 5.74) is 1.91. The molecule has 0 aliphatic heterocycles. The third kappa shape index (κ3) is 1.96. The van der Waals surface area contributed by atoms with Crippen molar-refractivity contribution in [2.24, 2.45) is 0 Å².